The van der Waals surface area contributed by atoms with Gasteiger partial charge in [0, 0.05) is 19.1 Å². The van der Waals surface area contributed by atoms with Crippen LogP contribution in [-0.2, 0) is 25.0 Å². The van der Waals surface area contributed by atoms with Gasteiger partial charge in [0.1, 0.15) is 5.54 Å². The molecular weight excluding hydrogens is 393 g/mol. The van der Waals surface area contributed by atoms with E-state index >= 15 is 0 Å². The van der Waals surface area contributed by atoms with Crippen LogP contribution in [-0.4, -0.2) is 53.3 Å². The summed E-state index contributed by atoms with van der Waals surface area (Å²) in [6, 6.07) is 9.12. The van der Waals surface area contributed by atoms with E-state index in [1.165, 1.54) is 0 Å². The van der Waals surface area contributed by atoms with Crippen LogP contribution in [0.5, 0.6) is 0 Å². The highest BCUT2D eigenvalue weighted by Crippen LogP contribution is 2.53. The SMILES string of the molecule is CC(C)OP(=O)(C[C@@H]1C[C@]2(CN1Cc1ccccc1)NC(=O)NC2=O)OC(C)C. The molecule has 0 unspecified atom stereocenters. The van der Waals surface area contributed by atoms with Gasteiger partial charge in [-0.2, -0.15) is 0 Å². The summed E-state index contributed by atoms with van der Waals surface area (Å²) in [5.74, 6) is -0.340. The fraction of sp³-hybridized carbons (Fsp3) is 0.600. The van der Waals surface area contributed by atoms with Crippen LogP contribution >= 0.6 is 7.60 Å². The molecule has 0 aliphatic carbocycles. The number of urea groups is 1. The van der Waals surface area contributed by atoms with E-state index in [1.54, 1.807) is 0 Å². The van der Waals surface area contributed by atoms with E-state index in [4.69, 9.17) is 9.05 Å². The van der Waals surface area contributed by atoms with E-state index in [9.17, 15) is 14.2 Å². The van der Waals surface area contributed by atoms with Crippen molar-refractivity contribution in [3.05, 3.63) is 35.9 Å². The molecule has 1 spiro atoms. The van der Waals surface area contributed by atoms with Crippen LogP contribution in [0.25, 0.3) is 0 Å². The van der Waals surface area contributed by atoms with Gasteiger partial charge in [0.15, 0.2) is 0 Å². The number of nitrogens with one attached hydrogen (secondary N) is 2. The maximum atomic E-state index is 13.5. The third kappa shape index (κ3) is 5.25. The van der Waals surface area contributed by atoms with E-state index in [-0.39, 0.29) is 30.3 Å². The third-order valence-electron chi connectivity index (χ3n) is 4.99. The molecule has 2 saturated heterocycles. The second kappa shape index (κ2) is 8.56. The fourth-order valence-electron chi connectivity index (χ4n) is 4.05. The van der Waals surface area contributed by atoms with Crippen LogP contribution in [0.3, 0.4) is 0 Å². The molecule has 2 aliphatic rings. The Bertz CT molecular complexity index is 787. The Kier molecular flexibility index (Phi) is 6.48. The molecule has 2 atom stereocenters. The fourth-order valence-corrected chi connectivity index (χ4v) is 6.43. The summed E-state index contributed by atoms with van der Waals surface area (Å²) in [5, 5.41) is 5.11. The van der Waals surface area contributed by atoms with E-state index < -0.39 is 19.2 Å². The van der Waals surface area contributed by atoms with Gasteiger partial charge in [-0.3, -0.25) is 19.6 Å². The lowest BCUT2D eigenvalue weighted by atomic mass is 9.97. The second-order valence-electron chi connectivity index (χ2n) is 8.34. The number of benzene rings is 1. The number of hydrogen-bond donors (Lipinski definition) is 2. The first-order valence-corrected chi connectivity index (χ1v) is 11.7. The first-order chi connectivity index (χ1) is 13.6. The van der Waals surface area contributed by atoms with Crippen molar-refractivity contribution in [2.75, 3.05) is 12.7 Å². The summed E-state index contributed by atoms with van der Waals surface area (Å²) < 4.78 is 24.9. The zero-order valence-corrected chi connectivity index (χ0v) is 18.3. The van der Waals surface area contributed by atoms with Gasteiger partial charge in [-0.25, -0.2) is 4.79 Å². The van der Waals surface area contributed by atoms with Crippen molar-refractivity contribution >= 4 is 19.5 Å². The molecule has 3 rings (SSSR count). The topological polar surface area (TPSA) is 97.0 Å². The third-order valence-corrected chi connectivity index (χ3v) is 7.35. The summed E-state index contributed by atoms with van der Waals surface area (Å²) in [5.41, 5.74) is 0.0560. The number of rotatable bonds is 8. The Morgan fingerprint density at radius 2 is 1.76 bits per heavy atom. The maximum Gasteiger partial charge on any atom is 0.332 e. The molecule has 2 aliphatic heterocycles. The highest BCUT2D eigenvalue weighted by molar-refractivity contribution is 7.53. The lowest BCUT2D eigenvalue weighted by molar-refractivity contribution is -0.123. The number of carbonyl (C=O) groups is 2. The summed E-state index contributed by atoms with van der Waals surface area (Å²) >= 11 is 0. The van der Waals surface area contributed by atoms with Crippen molar-refractivity contribution in [2.24, 2.45) is 0 Å². The number of amides is 3. The zero-order valence-electron chi connectivity index (χ0n) is 17.4. The highest BCUT2D eigenvalue weighted by Gasteiger charge is 2.55. The van der Waals surface area contributed by atoms with Crippen LogP contribution in [0, 0.1) is 0 Å². The van der Waals surface area contributed by atoms with Crippen molar-refractivity contribution in [1.82, 2.24) is 15.5 Å². The van der Waals surface area contributed by atoms with Crippen molar-refractivity contribution in [1.29, 1.82) is 0 Å². The van der Waals surface area contributed by atoms with Crippen molar-refractivity contribution in [3.8, 4) is 0 Å². The van der Waals surface area contributed by atoms with E-state index in [0.29, 0.717) is 19.5 Å². The quantitative estimate of drug-likeness (QED) is 0.493. The maximum absolute atomic E-state index is 13.5. The highest BCUT2D eigenvalue weighted by atomic mass is 31.2. The lowest BCUT2D eigenvalue weighted by Crippen LogP contribution is -2.48. The van der Waals surface area contributed by atoms with Crippen LogP contribution in [0.4, 0.5) is 4.79 Å². The monoisotopic (exact) mass is 423 g/mol. The van der Waals surface area contributed by atoms with Crippen LogP contribution in [0.2, 0.25) is 0 Å². The Morgan fingerprint density at radius 1 is 1.14 bits per heavy atom. The predicted molar refractivity (Wildman–Crippen MR) is 110 cm³/mol. The second-order valence-corrected chi connectivity index (χ2v) is 10.3. The van der Waals surface area contributed by atoms with Crippen molar-refractivity contribution in [2.45, 2.75) is 64.4 Å². The molecule has 0 bridgehead atoms. The van der Waals surface area contributed by atoms with Crippen LogP contribution in [0.15, 0.2) is 30.3 Å². The normalized spacial score (nSPS) is 25.2. The van der Waals surface area contributed by atoms with Crippen molar-refractivity contribution in [3.63, 3.8) is 0 Å². The minimum absolute atomic E-state index is 0.154. The smallest absolute Gasteiger partial charge is 0.322 e. The number of hydrogen-bond acceptors (Lipinski definition) is 6. The Hall–Kier alpha value is -1.73. The standard InChI is InChI=1S/C20H30N3O5P/c1-14(2)27-29(26,28-15(3)4)12-17-10-20(18(24)21-19(25)22-20)13-23(17)11-16-8-6-5-7-9-16/h5-9,14-15,17H,10-13H2,1-4H3,(H2,21,22,24,25)/t17-,20+/m0/s1. The average Bonchev–Trinajstić information content (AvgIpc) is 3.05. The van der Waals surface area contributed by atoms with Gasteiger partial charge in [0.25, 0.3) is 5.91 Å². The number of carbonyl (C=O) groups excluding carboxylic acids is 2. The molecule has 2 fully saturated rings. The largest absolute Gasteiger partial charge is 0.332 e. The van der Waals surface area contributed by atoms with Gasteiger partial charge in [0.05, 0.1) is 18.4 Å². The number of likely N-dealkylation sites (tertiary alicyclic amines) is 1. The molecule has 160 valence electrons. The van der Waals surface area contributed by atoms with E-state index in [2.05, 4.69) is 15.5 Å². The molecule has 1 aromatic carbocycles. The molecule has 8 nitrogen and oxygen atoms in total. The van der Waals surface area contributed by atoms with Gasteiger partial charge in [-0.15, -0.1) is 0 Å². The summed E-state index contributed by atoms with van der Waals surface area (Å²) in [6.45, 7) is 8.18. The van der Waals surface area contributed by atoms with Crippen LogP contribution < -0.4 is 10.6 Å². The zero-order chi connectivity index (χ0) is 21.2. The summed E-state index contributed by atoms with van der Waals surface area (Å²) in [7, 11) is -3.40. The number of imide groups is 1. The minimum atomic E-state index is -3.40. The molecule has 3 amide bonds. The molecule has 0 aromatic heterocycles. The Labute approximate surface area is 171 Å². The van der Waals surface area contributed by atoms with Crippen molar-refractivity contribution < 1.29 is 23.2 Å². The Morgan fingerprint density at radius 3 is 2.28 bits per heavy atom. The molecule has 2 N–H and O–H groups in total. The molecule has 9 heteroatoms. The first-order valence-electron chi connectivity index (χ1n) is 9.98. The average molecular weight is 423 g/mol. The van der Waals surface area contributed by atoms with Gasteiger partial charge in [-0.1, -0.05) is 30.3 Å². The molecule has 0 saturated carbocycles. The van der Waals surface area contributed by atoms with Crippen LogP contribution in [0.1, 0.15) is 39.7 Å². The first kappa shape index (κ1) is 22.0. The molecular formula is C20H30N3O5P. The summed E-state index contributed by atoms with van der Waals surface area (Å²) in [6.07, 6.45) is -0.00945. The molecule has 1 aromatic rings. The van der Waals surface area contributed by atoms with E-state index in [1.807, 2.05) is 58.0 Å². The molecule has 0 radical (unpaired) electrons. The van der Waals surface area contributed by atoms with Gasteiger partial charge in [-0.05, 0) is 39.7 Å². The van der Waals surface area contributed by atoms with E-state index in [0.717, 1.165) is 5.56 Å². The minimum Gasteiger partial charge on any atom is -0.322 e. The predicted octanol–water partition coefficient (Wildman–Crippen LogP) is 2.88. The van der Waals surface area contributed by atoms with Gasteiger partial charge >= 0.3 is 13.6 Å². The number of nitrogens with zero attached hydrogens (tertiary/aromatic N) is 1. The van der Waals surface area contributed by atoms with Gasteiger partial charge < -0.3 is 14.4 Å². The summed E-state index contributed by atoms with van der Waals surface area (Å²) in [4.78, 5) is 26.4. The molecule has 2 heterocycles. The lowest BCUT2D eigenvalue weighted by Gasteiger charge is -2.29. The molecule has 29 heavy (non-hydrogen) atoms. The Balaban J connectivity index is 1.86. The van der Waals surface area contributed by atoms with Gasteiger partial charge in [0.2, 0.25) is 0 Å².